The Kier molecular flexibility index (Phi) is 9.65. The number of sulfonamides is 1. The maximum atomic E-state index is 12.4. The average Bonchev–Trinajstić information content (AvgIpc) is 2.51. The van der Waals surface area contributed by atoms with Gasteiger partial charge in [-0.05, 0) is 32.1 Å². The number of nitrogens with two attached hydrogens (primary N) is 1. The van der Waals surface area contributed by atoms with Crippen molar-refractivity contribution in [2.45, 2.75) is 46.1 Å². The number of hydrogen-bond acceptors (Lipinski definition) is 4. The predicted octanol–water partition coefficient (Wildman–Crippen LogP) is 1.30. The Morgan fingerprint density at radius 2 is 1.83 bits per heavy atom. The van der Waals surface area contributed by atoms with Crippen molar-refractivity contribution in [3.05, 3.63) is 0 Å². The largest absolute Gasteiger partial charge is 0.345 e. The van der Waals surface area contributed by atoms with Crippen LogP contribution < -0.4 is 5.73 Å². The molecule has 23 heavy (non-hydrogen) atoms. The Labute approximate surface area is 147 Å². The molecule has 0 aliphatic carbocycles. The molecule has 0 bridgehead atoms. The fraction of sp³-hybridized carbons (Fsp3) is 0.933. The van der Waals surface area contributed by atoms with Crippen molar-refractivity contribution in [2.75, 3.05) is 32.4 Å². The van der Waals surface area contributed by atoms with Gasteiger partial charge < -0.3 is 10.6 Å². The molecule has 1 unspecified atom stereocenters. The van der Waals surface area contributed by atoms with Crippen molar-refractivity contribution < 1.29 is 13.2 Å². The van der Waals surface area contributed by atoms with Crippen LogP contribution in [0.15, 0.2) is 0 Å². The third-order valence-corrected chi connectivity index (χ3v) is 6.47. The summed E-state index contributed by atoms with van der Waals surface area (Å²) in [4.78, 5) is 14.2. The molecule has 0 spiro atoms. The summed E-state index contributed by atoms with van der Waals surface area (Å²) in [7, 11) is -1.32. The number of hydrogen-bond donors (Lipinski definition) is 1. The molecule has 6 nitrogen and oxygen atoms in total. The van der Waals surface area contributed by atoms with Gasteiger partial charge >= 0.3 is 0 Å². The van der Waals surface area contributed by atoms with Crippen LogP contribution in [0.25, 0.3) is 0 Å². The summed E-state index contributed by atoms with van der Waals surface area (Å²) in [6.07, 6.45) is 2.01. The van der Waals surface area contributed by atoms with E-state index in [1.807, 2.05) is 7.05 Å². The monoisotopic (exact) mass is 369 g/mol. The summed E-state index contributed by atoms with van der Waals surface area (Å²) in [6, 6.07) is 0.104. The molecule has 0 aromatic rings. The van der Waals surface area contributed by atoms with Gasteiger partial charge in [0.25, 0.3) is 0 Å². The molecule has 1 atom stereocenters. The minimum absolute atomic E-state index is 0. The zero-order valence-electron chi connectivity index (χ0n) is 14.7. The highest BCUT2D eigenvalue weighted by Crippen LogP contribution is 2.21. The van der Waals surface area contributed by atoms with E-state index in [0.29, 0.717) is 38.4 Å². The van der Waals surface area contributed by atoms with Crippen LogP contribution in [0.1, 0.15) is 40.0 Å². The predicted molar refractivity (Wildman–Crippen MR) is 96.1 cm³/mol. The van der Waals surface area contributed by atoms with E-state index in [4.69, 9.17) is 5.73 Å². The van der Waals surface area contributed by atoms with Crippen LogP contribution in [-0.4, -0.2) is 62.0 Å². The topological polar surface area (TPSA) is 83.7 Å². The van der Waals surface area contributed by atoms with E-state index in [1.165, 1.54) is 4.31 Å². The minimum Gasteiger partial charge on any atom is -0.345 e. The van der Waals surface area contributed by atoms with Gasteiger partial charge in [0.15, 0.2) is 0 Å². The standard InChI is InChI=1S/C15H31N3O3S.ClH/c1-5-22(20,21)18-10-6-13(7-11-18)15(19)17(4)9-8-14(16)12(2)3;/h12-14H,5-11,16H2,1-4H3;1H. The number of nitrogens with zero attached hydrogens (tertiary/aromatic N) is 2. The number of carbonyl (C=O) groups is 1. The molecule has 2 N–H and O–H groups in total. The first-order valence-corrected chi connectivity index (χ1v) is 9.78. The molecule has 0 saturated carbocycles. The second-order valence-electron chi connectivity index (χ2n) is 6.53. The molecular weight excluding hydrogens is 338 g/mol. The molecule has 1 fully saturated rings. The van der Waals surface area contributed by atoms with Crippen molar-refractivity contribution in [2.24, 2.45) is 17.6 Å². The number of rotatable bonds is 7. The normalized spacial score (nSPS) is 18.5. The lowest BCUT2D eigenvalue weighted by Crippen LogP contribution is -2.44. The molecule has 138 valence electrons. The summed E-state index contributed by atoms with van der Waals surface area (Å²) < 4.78 is 25.2. The van der Waals surface area contributed by atoms with Crippen LogP contribution in [0.5, 0.6) is 0 Å². The quantitative estimate of drug-likeness (QED) is 0.733. The van der Waals surface area contributed by atoms with Gasteiger partial charge in [0.2, 0.25) is 15.9 Å². The van der Waals surface area contributed by atoms with Gasteiger partial charge in [0, 0.05) is 38.6 Å². The van der Waals surface area contributed by atoms with Gasteiger partial charge in [-0.2, -0.15) is 0 Å². The first-order chi connectivity index (χ1) is 10.2. The van der Waals surface area contributed by atoms with Gasteiger partial charge in [-0.15, -0.1) is 12.4 Å². The molecule has 1 rings (SSSR count). The van der Waals surface area contributed by atoms with Crippen molar-refractivity contribution in [1.82, 2.24) is 9.21 Å². The first kappa shape index (κ1) is 22.6. The third kappa shape index (κ3) is 6.57. The van der Waals surface area contributed by atoms with Gasteiger partial charge in [0.05, 0.1) is 5.75 Å². The third-order valence-electron chi connectivity index (χ3n) is 4.59. The lowest BCUT2D eigenvalue weighted by Gasteiger charge is -2.32. The van der Waals surface area contributed by atoms with E-state index in [1.54, 1.807) is 11.8 Å². The molecule has 1 heterocycles. The zero-order valence-corrected chi connectivity index (χ0v) is 16.3. The zero-order chi connectivity index (χ0) is 16.9. The van der Waals surface area contributed by atoms with Crippen molar-refractivity contribution in [3.8, 4) is 0 Å². The SMILES string of the molecule is CCS(=O)(=O)N1CCC(C(=O)N(C)CCC(N)C(C)C)CC1.Cl. The fourth-order valence-electron chi connectivity index (χ4n) is 2.66. The highest BCUT2D eigenvalue weighted by molar-refractivity contribution is 7.89. The molecular formula is C15H32ClN3O3S. The lowest BCUT2D eigenvalue weighted by molar-refractivity contribution is -0.135. The maximum absolute atomic E-state index is 12.4. The summed E-state index contributed by atoms with van der Waals surface area (Å²) in [5.74, 6) is 0.581. The first-order valence-electron chi connectivity index (χ1n) is 8.17. The van der Waals surface area contributed by atoms with Crippen molar-refractivity contribution in [1.29, 1.82) is 0 Å². The fourth-order valence-corrected chi connectivity index (χ4v) is 3.79. The van der Waals surface area contributed by atoms with Crippen LogP contribution in [0, 0.1) is 11.8 Å². The Bertz CT molecular complexity index is 463. The van der Waals surface area contributed by atoms with E-state index >= 15 is 0 Å². The second kappa shape index (κ2) is 9.81. The Morgan fingerprint density at radius 1 is 1.30 bits per heavy atom. The maximum Gasteiger partial charge on any atom is 0.225 e. The highest BCUT2D eigenvalue weighted by Gasteiger charge is 2.31. The van der Waals surface area contributed by atoms with Crippen LogP contribution in [0.4, 0.5) is 0 Å². The molecule has 1 aliphatic heterocycles. The minimum atomic E-state index is -3.13. The molecule has 0 aromatic heterocycles. The van der Waals surface area contributed by atoms with Gasteiger partial charge in [-0.3, -0.25) is 4.79 Å². The van der Waals surface area contributed by atoms with E-state index in [2.05, 4.69) is 13.8 Å². The van der Waals surface area contributed by atoms with Crippen molar-refractivity contribution in [3.63, 3.8) is 0 Å². The summed E-state index contributed by atoms with van der Waals surface area (Å²) >= 11 is 0. The molecule has 1 saturated heterocycles. The van der Waals surface area contributed by atoms with Gasteiger partial charge in [0.1, 0.15) is 0 Å². The van der Waals surface area contributed by atoms with Crippen LogP contribution >= 0.6 is 12.4 Å². The Morgan fingerprint density at radius 3 is 2.26 bits per heavy atom. The molecule has 1 amide bonds. The summed E-state index contributed by atoms with van der Waals surface area (Å²) in [5.41, 5.74) is 6.01. The van der Waals surface area contributed by atoms with E-state index in [9.17, 15) is 13.2 Å². The van der Waals surface area contributed by atoms with E-state index < -0.39 is 10.0 Å². The lowest BCUT2D eigenvalue weighted by atomic mass is 9.96. The van der Waals surface area contributed by atoms with Crippen LogP contribution in [-0.2, 0) is 14.8 Å². The smallest absolute Gasteiger partial charge is 0.225 e. The van der Waals surface area contributed by atoms with E-state index in [0.717, 1.165) is 6.42 Å². The molecule has 0 aromatic carbocycles. The molecule has 8 heteroatoms. The van der Waals surface area contributed by atoms with Crippen LogP contribution in [0.3, 0.4) is 0 Å². The van der Waals surface area contributed by atoms with Crippen molar-refractivity contribution >= 4 is 28.3 Å². The number of carbonyl (C=O) groups excluding carboxylic acids is 1. The molecule has 1 aliphatic rings. The summed E-state index contributed by atoms with van der Waals surface area (Å²) in [5, 5.41) is 0. The second-order valence-corrected chi connectivity index (χ2v) is 8.79. The van der Waals surface area contributed by atoms with Gasteiger partial charge in [-0.25, -0.2) is 12.7 Å². The number of halogens is 1. The summed E-state index contributed by atoms with van der Waals surface area (Å²) in [6.45, 7) is 7.37. The van der Waals surface area contributed by atoms with E-state index in [-0.39, 0.29) is 36.0 Å². The number of piperidine rings is 1. The average molecular weight is 370 g/mol. The Hall–Kier alpha value is -0.370. The van der Waals surface area contributed by atoms with Gasteiger partial charge in [-0.1, -0.05) is 13.8 Å². The highest BCUT2D eigenvalue weighted by atomic mass is 35.5. The van der Waals surface area contributed by atoms with Crippen LogP contribution in [0.2, 0.25) is 0 Å². The number of amides is 1. The Balaban J connectivity index is 0.00000484. The molecule has 0 radical (unpaired) electrons.